The Morgan fingerprint density at radius 1 is 1.04 bits per heavy atom. The first-order chi connectivity index (χ1) is 11.2. The molecule has 0 bridgehead atoms. The molecule has 0 aromatic rings. The highest BCUT2D eigenvalue weighted by Gasteiger charge is 2.63. The van der Waals surface area contributed by atoms with Gasteiger partial charge in [-0.15, -0.1) is 0 Å². The number of ketones is 1. The minimum atomic E-state index is -0.529. The van der Waals surface area contributed by atoms with Gasteiger partial charge in [0, 0.05) is 12.0 Å². The van der Waals surface area contributed by atoms with Gasteiger partial charge in [0.05, 0.1) is 11.9 Å². The van der Waals surface area contributed by atoms with E-state index in [0.29, 0.717) is 35.7 Å². The molecule has 4 aliphatic rings. The van der Waals surface area contributed by atoms with Gasteiger partial charge in [-0.3, -0.25) is 4.79 Å². The van der Waals surface area contributed by atoms with Gasteiger partial charge >= 0.3 is 0 Å². The van der Waals surface area contributed by atoms with Gasteiger partial charge in [0.25, 0.3) is 0 Å². The molecule has 4 fully saturated rings. The van der Waals surface area contributed by atoms with Crippen molar-refractivity contribution in [2.24, 2.45) is 34.5 Å². The van der Waals surface area contributed by atoms with Crippen molar-refractivity contribution in [3.8, 4) is 0 Å². The summed E-state index contributed by atoms with van der Waals surface area (Å²) >= 11 is 0. The zero-order chi connectivity index (χ0) is 17.3. The summed E-state index contributed by atoms with van der Waals surface area (Å²) in [6, 6.07) is 0. The molecule has 0 amide bonds. The van der Waals surface area contributed by atoms with Crippen molar-refractivity contribution in [1.29, 1.82) is 0 Å². The first-order valence-corrected chi connectivity index (χ1v) is 9.82. The number of fused-ring (bicyclic) bond motifs is 5. The average Bonchev–Trinajstić information content (AvgIpc) is 2.77. The van der Waals surface area contributed by atoms with Gasteiger partial charge in [0.15, 0.2) is 5.78 Å². The SMILES string of the molecule is C[C@]12C/C(=C\O)C(=O)C[C@@H]1CC[C@H]1[C@H]2CC[C@]2(C)[C@@H]1CC[C@]2(C)O. The summed E-state index contributed by atoms with van der Waals surface area (Å²) in [6.45, 7) is 6.74. The second kappa shape index (κ2) is 5.09. The second-order valence-electron chi connectivity index (χ2n) is 9.88. The number of rotatable bonds is 0. The van der Waals surface area contributed by atoms with Crippen molar-refractivity contribution >= 4 is 5.78 Å². The molecule has 0 unspecified atom stereocenters. The summed E-state index contributed by atoms with van der Waals surface area (Å²) < 4.78 is 0. The average molecular weight is 332 g/mol. The minimum Gasteiger partial charge on any atom is -0.515 e. The summed E-state index contributed by atoms with van der Waals surface area (Å²) in [5.74, 6) is 2.55. The summed E-state index contributed by atoms with van der Waals surface area (Å²) in [5.41, 5.74) is 0.304. The first-order valence-electron chi connectivity index (χ1n) is 9.82. The van der Waals surface area contributed by atoms with E-state index < -0.39 is 5.60 Å². The van der Waals surface area contributed by atoms with Crippen LogP contribution in [0.5, 0.6) is 0 Å². The van der Waals surface area contributed by atoms with Crippen LogP contribution in [0.4, 0.5) is 0 Å². The molecular formula is C21H32O3. The Morgan fingerprint density at radius 3 is 2.46 bits per heavy atom. The molecule has 0 saturated heterocycles. The van der Waals surface area contributed by atoms with Crippen LogP contribution in [0, 0.1) is 34.5 Å². The van der Waals surface area contributed by atoms with E-state index in [-0.39, 0.29) is 16.6 Å². The third kappa shape index (κ3) is 1.97. The van der Waals surface area contributed by atoms with Gasteiger partial charge in [-0.2, -0.15) is 0 Å². The van der Waals surface area contributed by atoms with Crippen LogP contribution in [0.15, 0.2) is 11.8 Å². The third-order valence-corrected chi connectivity index (χ3v) is 9.14. The molecule has 0 aromatic carbocycles. The zero-order valence-corrected chi connectivity index (χ0v) is 15.3. The molecule has 7 atom stereocenters. The highest BCUT2D eigenvalue weighted by atomic mass is 16.3. The van der Waals surface area contributed by atoms with Gasteiger partial charge in [-0.25, -0.2) is 0 Å². The summed E-state index contributed by atoms with van der Waals surface area (Å²) in [5, 5.41) is 20.5. The molecule has 0 aromatic heterocycles. The van der Waals surface area contributed by atoms with Crippen LogP contribution in [-0.4, -0.2) is 21.6 Å². The van der Waals surface area contributed by atoms with Crippen LogP contribution < -0.4 is 0 Å². The molecule has 4 saturated carbocycles. The summed E-state index contributed by atoms with van der Waals surface area (Å²) in [6.07, 6.45) is 9.11. The molecule has 0 heterocycles. The Bertz CT molecular complexity index is 592. The van der Waals surface area contributed by atoms with Gasteiger partial charge in [-0.1, -0.05) is 13.8 Å². The van der Waals surface area contributed by atoms with E-state index in [0.717, 1.165) is 44.8 Å². The lowest BCUT2D eigenvalue weighted by Gasteiger charge is -2.61. The van der Waals surface area contributed by atoms with Gasteiger partial charge in [0.1, 0.15) is 0 Å². The van der Waals surface area contributed by atoms with E-state index in [9.17, 15) is 15.0 Å². The summed E-state index contributed by atoms with van der Waals surface area (Å²) in [4.78, 5) is 12.2. The van der Waals surface area contributed by atoms with Crippen LogP contribution >= 0.6 is 0 Å². The normalized spacial score (nSPS) is 55.8. The molecule has 4 rings (SSSR count). The molecule has 3 heteroatoms. The highest BCUT2D eigenvalue weighted by Crippen LogP contribution is 2.68. The van der Waals surface area contributed by atoms with Gasteiger partial charge in [-0.05, 0) is 86.4 Å². The molecule has 0 radical (unpaired) electrons. The van der Waals surface area contributed by atoms with Crippen LogP contribution in [0.3, 0.4) is 0 Å². The Hall–Kier alpha value is -0.830. The predicted molar refractivity (Wildman–Crippen MR) is 93.5 cm³/mol. The number of aliphatic hydroxyl groups excluding tert-OH is 1. The number of hydrogen-bond acceptors (Lipinski definition) is 3. The Kier molecular flexibility index (Phi) is 3.53. The van der Waals surface area contributed by atoms with E-state index >= 15 is 0 Å². The highest BCUT2D eigenvalue weighted by molar-refractivity contribution is 5.96. The largest absolute Gasteiger partial charge is 0.515 e. The Balaban J connectivity index is 1.67. The molecular weight excluding hydrogens is 300 g/mol. The molecule has 0 aliphatic heterocycles. The lowest BCUT2D eigenvalue weighted by atomic mass is 9.44. The molecule has 134 valence electrons. The fourth-order valence-electron chi connectivity index (χ4n) is 7.37. The van der Waals surface area contributed by atoms with Gasteiger partial charge in [0.2, 0.25) is 0 Å². The van der Waals surface area contributed by atoms with Crippen molar-refractivity contribution in [1.82, 2.24) is 0 Å². The van der Waals surface area contributed by atoms with Crippen LogP contribution in [0.2, 0.25) is 0 Å². The van der Waals surface area contributed by atoms with E-state index in [4.69, 9.17) is 0 Å². The molecule has 24 heavy (non-hydrogen) atoms. The lowest BCUT2D eigenvalue weighted by molar-refractivity contribution is -0.147. The lowest BCUT2D eigenvalue weighted by Crippen LogP contribution is -2.56. The first kappa shape index (κ1) is 16.6. The van der Waals surface area contributed by atoms with Crippen LogP contribution in [-0.2, 0) is 4.79 Å². The van der Waals surface area contributed by atoms with Crippen molar-refractivity contribution in [3.05, 3.63) is 11.8 Å². The maximum Gasteiger partial charge on any atom is 0.162 e. The standard InChI is InChI=1S/C21H32O3/c1-19-11-13(12-22)18(23)10-14(19)4-5-15-16(19)6-8-20(2)17(15)7-9-21(20,3)24/h12,14-17,22,24H,4-11H2,1-3H3/b13-12+/t14-,15-,16+,17+,19-,20+,21-/m0/s1. The smallest absolute Gasteiger partial charge is 0.162 e. The van der Waals surface area contributed by atoms with E-state index in [1.54, 1.807) is 0 Å². The summed E-state index contributed by atoms with van der Waals surface area (Å²) in [7, 11) is 0. The van der Waals surface area contributed by atoms with Crippen molar-refractivity contribution in [2.45, 2.75) is 77.7 Å². The van der Waals surface area contributed by atoms with Gasteiger partial charge < -0.3 is 10.2 Å². The second-order valence-corrected chi connectivity index (χ2v) is 9.88. The van der Waals surface area contributed by atoms with Crippen molar-refractivity contribution in [3.63, 3.8) is 0 Å². The van der Waals surface area contributed by atoms with Crippen molar-refractivity contribution < 1.29 is 15.0 Å². The number of allylic oxidation sites excluding steroid dienone is 1. The predicted octanol–water partition coefficient (Wildman–Crippen LogP) is 4.40. The fourth-order valence-corrected chi connectivity index (χ4v) is 7.37. The quantitative estimate of drug-likeness (QED) is 0.510. The maximum atomic E-state index is 12.2. The van der Waals surface area contributed by atoms with E-state index in [1.165, 1.54) is 6.42 Å². The molecule has 3 nitrogen and oxygen atoms in total. The Morgan fingerprint density at radius 2 is 1.75 bits per heavy atom. The van der Waals surface area contributed by atoms with Crippen LogP contribution in [0.1, 0.15) is 72.1 Å². The number of carbonyl (C=O) groups excluding carboxylic acids is 1. The van der Waals surface area contributed by atoms with Crippen LogP contribution in [0.25, 0.3) is 0 Å². The third-order valence-electron chi connectivity index (χ3n) is 9.14. The number of Topliss-reactive ketones (excluding diaryl/α,β-unsaturated/α-hetero) is 1. The topological polar surface area (TPSA) is 57.5 Å². The number of hydrogen-bond donors (Lipinski definition) is 2. The fraction of sp³-hybridized carbons (Fsp3) is 0.857. The number of aliphatic hydroxyl groups is 2. The minimum absolute atomic E-state index is 0.0531. The zero-order valence-electron chi connectivity index (χ0n) is 15.3. The van der Waals surface area contributed by atoms with Crippen molar-refractivity contribution in [2.75, 3.05) is 0 Å². The maximum absolute atomic E-state index is 12.2. The van der Waals surface area contributed by atoms with E-state index in [1.807, 2.05) is 6.92 Å². The molecule has 4 aliphatic carbocycles. The van der Waals surface area contributed by atoms with E-state index in [2.05, 4.69) is 13.8 Å². The molecule has 0 spiro atoms. The molecule has 2 N–H and O–H groups in total. The number of carbonyl (C=O) groups is 1. The monoisotopic (exact) mass is 332 g/mol. The Labute approximate surface area is 145 Å².